The molecule has 3 nitrogen and oxygen atoms in total. The fourth-order valence-corrected chi connectivity index (χ4v) is 6.49. The third-order valence-electron chi connectivity index (χ3n) is 9.16. The largest absolute Gasteiger partial charge is 0.501 e. The van der Waals surface area contributed by atoms with Gasteiger partial charge < -0.3 is 14.4 Å². The number of hydrogen-bond donors (Lipinski definition) is 0. The first-order chi connectivity index (χ1) is 25.9. The van der Waals surface area contributed by atoms with Gasteiger partial charge in [0.25, 0.3) is 0 Å². The van der Waals surface area contributed by atoms with Crippen molar-refractivity contribution >= 4 is 21.9 Å². The van der Waals surface area contributed by atoms with Gasteiger partial charge in [0.1, 0.15) is 5.58 Å². The Hall–Kier alpha value is -4.37. The summed E-state index contributed by atoms with van der Waals surface area (Å²) in [7, 11) is 0. The molecule has 3 aromatic heterocycles. The van der Waals surface area contributed by atoms with Crippen LogP contribution in [-0.2, 0) is 32.9 Å². The molecule has 4 aromatic carbocycles. The zero-order chi connectivity index (χ0) is 38.1. The Morgan fingerprint density at radius 3 is 2.44 bits per heavy atom. The molecule has 1 radical (unpaired) electrons. The second-order valence-corrected chi connectivity index (χ2v) is 12.9. The van der Waals surface area contributed by atoms with E-state index in [1.54, 1.807) is 24.5 Å². The van der Waals surface area contributed by atoms with E-state index in [2.05, 4.69) is 22.1 Å². The first-order valence-electron chi connectivity index (χ1n) is 19.7. The Morgan fingerprint density at radius 2 is 1.66 bits per heavy atom. The standard InChI is InChI=1S/C27H22NO.C19H22N.Ir/c1-18(2)20-14-15-28-24(17-20)22-11-7-12-23-26-21(16-19-8-4-3-5-9-19)10-6-13-25(26)29-27(22)23;1-15-14-20-19(17-10-6-3-7-11-17)13-18(15)12-16-8-4-2-5-9-16;/h3-10,12-15,17-18H,16H2,1-2H3;3,6-7,10,13-14,16H,2,4-5,8-9,12H2,1H3;/q2*-1;/i16D2,18D;12D2;. The number of fused-ring (bicyclic) bond motifs is 3. The van der Waals surface area contributed by atoms with Crippen molar-refractivity contribution in [3.63, 3.8) is 0 Å². The minimum absolute atomic E-state index is 0. The van der Waals surface area contributed by atoms with Crippen molar-refractivity contribution in [2.24, 2.45) is 5.92 Å². The number of hydrogen-bond acceptors (Lipinski definition) is 3. The summed E-state index contributed by atoms with van der Waals surface area (Å²) in [6.07, 6.45) is 6.04. The molecule has 0 saturated heterocycles. The average molecular weight is 838 g/mol. The van der Waals surface area contributed by atoms with Crippen molar-refractivity contribution in [1.82, 2.24) is 9.97 Å². The van der Waals surface area contributed by atoms with Crippen molar-refractivity contribution in [3.05, 3.63) is 155 Å². The number of rotatable bonds is 7. The molecule has 3 heterocycles. The normalized spacial score (nSPS) is 15.5. The van der Waals surface area contributed by atoms with Gasteiger partial charge in [-0.2, -0.15) is 0 Å². The van der Waals surface area contributed by atoms with Gasteiger partial charge in [0.2, 0.25) is 0 Å². The molecule has 0 amide bonds. The Kier molecular flexibility index (Phi) is 9.73. The fraction of sp³-hybridized carbons (Fsp3) is 0.261. The molecule has 255 valence electrons. The third-order valence-corrected chi connectivity index (χ3v) is 9.16. The number of aromatic nitrogens is 2. The smallest absolute Gasteiger partial charge is 0.121 e. The van der Waals surface area contributed by atoms with E-state index in [1.165, 1.54) is 6.42 Å². The van der Waals surface area contributed by atoms with E-state index < -0.39 is 18.6 Å². The minimum Gasteiger partial charge on any atom is -0.501 e. The van der Waals surface area contributed by atoms with E-state index >= 15 is 0 Å². The maximum Gasteiger partial charge on any atom is 0.121 e. The van der Waals surface area contributed by atoms with Gasteiger partial charge in [-0.25, -0.2) is 0 Å². The van der Waals surface area contributed by atoms with E-state index in [9.17, 15) is 0 Å². The molecule has 7 aromatic rings. The van der Waals surface area contributed by atoms with Crippen LogP contribution in [0, 0.1) is 25.0 Å². The van der Waals surface area contributed by atoms with Gasteiger partial charge in [-0.15, -0.1) is 54.1 Å². The van der Waals surface area contributed by atoms with Crippen molar-refractivity contribution in [3.8, 4) is 22.5 Å². The molecule has 1 aliphatic carbocycles. The predicted octanol–water partition coefficient (Wildman–Crippen LogP) is 12.1. The monoisotopic (exact) mass is 838 g/mol. The maximum atomic E-state index is 8.90. The number of aryl methyl sites for hydroxylation is 1. The van der Waals surface area contributed by atoms with E-state index in [1.807, 2.05) is 112 Å². The molecule has 4 heteroatoms. The van der Waals surface area contributed by atoms with Gasteiger partial charge in [-0.3, -0.25) is 0 Å². The van der Waals surface area contributed by atoms with E-state index in [4.69, 9.17) is 11.3 Å². The van der Waals surface area contributed by atoms with Crippen LogP contribution in [0.15, 0.2) is 120 Å². The minimum atomic E-state index is -1.69. The molecule has 0 atom stereocenters. The number of furan rings is 1. The summed E-state index contributed by atoms with van der Waals surface area (Å²) in [4.78, 5) is 8.98. The summed E-state index contributed by atoms with van der Waals surface area (Å²) in [6, 6.07) is 38.3. The van der Waals surface area contributed by atoms with Crippen LogP contribution in [0.4, 0.5) is 0 Å². The summed E-state index contributed by atoms with van der Waals surface area (Å²) in [6.45, 7) is 5.65. The molecular weight excluding hydrogens is 789 g/mol. The van der Waals surface area contributed by atoms with Crippen molar-refractivity contribution in [1.29, 1.82) is 0 Å². The van der Waals surface area contributed by atoms with Crippen LogP contribution in [-0.4, -0.2) is 9.97 Å². The van der Waals surface area contributed by atoms with Crippen LogP contribution in [0.3, 0.4) is 0 Å². The third kappa shape index (κ3) is 8.15. The zero-order valence-electron chi connectivity index (χ0n) is 33.7. The Bertz CT molecular complexity index is 2380. The van der Waals surface area contributed by atoms with Gasteiger partial charge in [0.05, 0.1) is 5.58 Å². The molecule has 0 bridgehead atoms. The van der Waals surface area contributed by atoms with E-state index in [0.717, 1.165) is 64.4 Å². The number of nitrogens with zero attached hydrogens (tertiary/aromatic N) is 2. The van der Waals surface area contributed by atoms with Crippen LogP contribution in [0.5, 0.6) is 0 Å². The molecule has 1 fully saturated rings. The Balaban J connectivity index is 0.000000196. The molecule has 0 aliphatic heterocycles. The van der Waals surface area contributed by atoms with Crippen LogP contribution >= 0.6 is 0 Å². The van der Waals surface area contributed by atoms with Crippen molar-refractivity contribution in [2.45, 2.75) is 71.5 Å². The number of benzene rings is 4. The Morgan fingerprint density at radius 1 is 0.840 bits per heavy atom. The fourth-order valence-electron chi connectivity index (χ4n) is 6.49. The van der Waals surface area contributed by atoms with Crippen LogP contribution in [0.25, 0.3) is 44.5 Å². The van der Waals surface area contributed by atoms with Gasteiger partial charge in [0.15, 0.2) is 0 Å². The SMILES string of the molecule is [2H]C(C)(C)c1ccnc(-c2[c-]ccc3c2oc2cccc(C([2H])([2H])c4ccccc4)c23)c1.[2H]C([2H])(c1cc(-c2[c-]cccc2)ncc1C)C1CCCCC1.[Ir]. The summed E-state index contributed by atoms with van der Waals surface area (Å²) >= 11 is 0. The quantitative estimate of drug-likeness (QED) is 0.150. The first kappa shape index (κ1) is 29.4. The summed E-state index contributed by atoms with van der Waals surface area (Å²) in [5.41, 5.74) is 8.09. The molecule has 8 rings (SSSR count). The molecule has 1 aliphatic rings. The van der Waals surface area contributed by atoms with Crippen molar-refractivity contribution in [2.75, 3.05) is 0 Å². The van der Waals surface area contributed by atoms with Gasteiger partial charge in [-0.05, 0) is 71.7 Å². The predicted molar refractivity (Wildman–Crippen MR) is 203 cm³/mol. The molecular formula is C46H44IrN2O-2. The van der Waals surface area contributed by atoms with Gasteiger partial charge >= 0.3 is 0 Å². The van der Waals surface area contributed by atoms with Crippen LogP contribution in [0.2, 0.25) is 0 Å². The zero-order valence-corrected chi connectivity index (χ0v) is 31.1. The topological polar surface area (TPSA) is 38.9 Å². The van der Waals surface area contributed by atoms with E-state index in [-0.39, 0.29) is 26.0 Å². The second-order valence-electron chi connectivity index (χ2n) is 12.9. The molecule has 1 saturated carbocycles. The average Bonchev–Trinajstić information content (AvgIpc) is 3.58. The van der Waals surface area contributed by atoms with Gasteiger partial charge in [-0.1, -0.05) is 123 Å². The van der Waals surface area contributed by atoms with E-state index in [0.29, 0.717) is 33.6 Å². The van der Waals surface area contributed by atoms with Crippen molar-refractivity contribution < 1.29 is 31.4 Å². The summed E-state index contributed by atoms with van der Waals surface area (Å²) in [5, 5.41) is 1.57. The molecule has 0 unspecified atom stereocenters. The molecule has 0 spiro atoms. The summed E-state index contributed by atoms with van der Waals surface area (Å²) in [5.74, 6) is -0.631. The van der Waals surface area contributed by atoms with Gasteiger partial charge in [0, 0.05) is 44.7 Å². The van der Waals surface area contributed by atoms with Crippen LogP contribution in [0.1, 0.15) is 86.5 Å². The van der Waals surface area contributed by atoms with Crippen LogP contribution < -0.4 is 0 Å². The Labute approximate surface area is 317 Å². The summed E-state index contributed by atoms with van der Waals surface area (Å²) < 4.78 is 49.8. The molecule has 50 heavy (non-hydrogen) atoms. The first-order valence-corrected chi connectivity index (χ1v) is 17.2. The molecule has 0 N–H and O–H groups in total. The number of pyridine rings is 2. The second kappa shape index (κ2) is 16.6. The maximum absolute atomic E-state index is 8.90.